The molecular formula is C40H34N2S. The highest BCUT2D eigenvalue weighted by atomic mass is 32.1. The highest BCUT2D eigenvalue weighted by Crippen LogP contribution is 2.44. The van der Waals surface area contributed by atoms with E-state index in [9.17, 15) is 0 Å². The van der Waals surface area contributed by atoms with E-state index in [1.807, 2.05) is 12.1 Å². The van der Waals surface area contributed by atoms with Crippen molar-refractivity contribution in [3.63, 3.8) is 0 Å². The molecular weight excluding hydrogens is 541 g/mol. The lowest BCUT2D eigenvalue weighted by atomic mass is 9.92. The molecule has 0 spiro atoms. The Labute approximate surface area is 260 Å². The number of rotatable bonds is 4. The molecule has 8 rings (SSSR count). The fourth-order valence-electron chi connectivity index (χ4n) is 6.73. The van der Waals surface area contributed by atoms with Crippen molar-refractivity contribution >= 4 is 64.1 Å². The number of fused-ring (bicyclic) bond motifs is 7. The molecule has 0 aliphatic heterocycles. The van der Waals surface area contributed by atoms with E-state index >= 15 is 0 Å². The molecule has 2 heterocycles. The number of hydrogen-bond donors (Lipinski definition) is 0. The van der Waals surface area contributed by atoms with Gasteiger partial charge < -0.3 is 0 Å². The van der Waals surface area contributed by atoms with Crippen LogP contribution >= 0.6 is 11.3 Å². The number of thiophene rings is 1. The van der Waals surface area contributed by atoms with Gasteiger partial charge in [-0.2, -0.15) is 0 Å². The fourth-order valence-corrected chi connectivity index (χ4v) is 7.96. The van der Waals surface area contributed by atoms with Crippen molar-refractivity contribution in [2.24, 2.45) is 0 Å². The molecule has 0 saturated heterocycles. The van der Waals surface area contributed by atoms with Gasteiger partial charge in [-0.05, 0) is 81.7 Å². The summed E-state index contributed by atoms with van der Waals surface area (Å²) in [7, 11) is 0. The molecule has 0 atom stereocenters. The normalized spacial score (nSPS) is 13.6. The van der Waals surface area contributed by atoms with E-state index in [-0.39, 0.29) is 0 Å². The van der Waals surface area contributed by atoms with Crippen LogP contribution < -0.4 is 0 Å². The lowest BCUT2D eigenvalue weighted by Crippen LogP contribution is -2.08. The molecule has 0 radical (unpaired) electrons. The van der Waals surface area contributed by atoms with Gasteiger partial charge in [0.2, 0.25) is 0 Å². The van der Waals surface area contributed by atoms with Gasteiger partial charge in [-0.1, -0.05) is 106 Å². The SMILES string of the molecule is [2H]C([2H])([2H])c1ccc2ccc3cc4c(cc3c2c1)sc1c(-c2nc3ccccc3n2-c2c(C(C)C)cccc2C(C)C)cccc14. The van der Waals surface area contributed by atoms with Crippen LogP contribution in [0.4, 0.5) is 0 Å². The van der Waals surface area contributed by atoms with Crippen LogP contribution in [0.5, 0.6) is 0 Å². The fraction of sp³-hybridized carbons (Fsp3) is 0.175. The van der Waals surface area contributed by atoms with Gasteiger partial charge in [0, 0.05) is 29.8 Å². The summed E-state index contributed by atoms with van der Waals surface area (Å²) in [5.74, 6) is 1.64. The maximum Gasteiger partial charge on any atom is 0.147 e. The second-order valence-corrected chi connectivity index (χ2v) is 13.3. The van der Waals surface area contributed by atoms with E-state index in [0.717, 1.165) is 44.0 Å². The average molecular weight is 578 g/mol. The largest absolute Gasteiger partial charge is 0.292 e. The number of aromatic nitrogens is 2. The summed E-state index contributed by atoms with van der Waals surface area (Å²) in [4.78, 5) is 5.33. The first kappa shape index (κ1) is 23.0. The summed E-state index contributed by atoms with van der Waals surface area (Å²) in [5.41, 5.74) is 7.42. The minimum absolute atomic E-state index is 0.343. The van der Waals surface area contributed by atoms with Gasteiger partial charge in [-0.3, -0.25) is 4.57 Å². The number of hydrogen-bond acceptors (Lipinski definition) is 2. The zero-order chi connectivity index (χ0) is 31.9. The first-order valence-corrected chi connectivity index (χ1v) is 15.8. The molecule has 43 heavy (non-hydrogen) atoms. The maximum absolute atomic E-state index is 7.99. The highest BCUT2D eigenvalue weighted by Gasteiger charge is 2.23. The molecule has 3 heteroatoms. The monoisotopic (exact) mass is 577 g/mol. The first-order valence-electron chi connectivity index (χ1n) is 16.5. The van der Waals surface area contributed by atoms with E-state index in [1.165, 1.54) is 37.0 Å². The van der Waals surface area contributed by atoms with E-state index in [2.05, 4.69) is 117 Å². The van der Waals surface area contributed by atoms with Crippen LogP contribution in [-0.2, 0) is 0 Å². The molecule has 0 aliphatic carbocycles. The zero-order valence-electron chi connectivity index (χ0n) is 27.8. The summed E-state index contributed by atoms with van der Waals surface area (Å²) >= 11 is 1.79. The summed E-state index contributed by atoms with van der Waals surface area (Å²) in [6, 6.07) is 36.0. The summed E-state index contributed by atoms with van der Waals surface area (Å²) in [6.45, 7) is 6.92. The molecule has 0 aliphatic rings. The Balaban J connectivity index is 1.44. The molecule has 0 amide bonds. The standard InChI is InChI=1S/C40H34N2S/c1-23(2)28-10-8-11-29(24(3)4)38(28)42-36-15-7-6-14-35(36)41-40(42)31-13-9-12-30-34-21-27-19-18-26-17-16-25(5)20-32(26)33(27)22-37(34)43-39(30)31/h6-24H,1-5H3/i5D3. The van der Waals surface area contributed by atoms with Gasteiger partial charge in [-0.15, -0.1) is 11.3 Å². The van der Waals surface area contributed by atoms with Gasteiger partial charge >= 0.3 is 0 Å². The van der Waals surface area contributed by atoms with Crippen LogP contribution in [0.3, 0.4) is 0 Å². The van der Waals surface area contributed by atoms with Crippen molar-refractivity contribution in [2.75, 3.05) is 0 Å². The first-order chi connectivity index (χ1) is 22.1. The minimum atomic E-state index is -2.15. The molecule has 2 nitrogen and oxygen atoms in total. The van der Waals surface area contributed by atoms with Crippen molar-refractivity contribution in [2.45, 2.75) is 46.4 Å². The lowest BCUT2D eigenvalue weighted by Gasteiger charge is -2.22. The predicted octanol–water partition coefficient (Wildman–Crippen LogP) is 11.9. The Hall–Kier alpha value is -4.47. The third-order valence-corrected chi connectivity index (χ3v) is 10.0. The van der Waals surface area contributed by atoms with Crippen LogP contribution in [-0.4, -0.2) is 9.55 Å². The molecule has 0 saturated carbocycles. The Morgan fingerprint density at radius 3 is 2.19 bits per heavy atom. The Morgan fingerprint density at radius 2 is 1.40 bits per heavy atom. The third kappa shape index (κ3) is 4.02. The number of para-hydroxylation sites is 3. The van der Waals surface area contributed by atoms with Gasteiger partial charge in [0.15, 0.2) is 0 Å². The lowest BCUT2D eigenvalue weighted by molar-refractivity contribution is 0.811. The van der Waals surface area contributed by atoms with E-state index in [4.69, 9.17) is 9.10 Å². The average Bonchev–Trinajstić information content (AvgIpc) is 3.60. The smallest absolute Gasteiger partial charge is 0.147 e. The molecule has 0 fully saturated rings. The van der Waals surface area contributed by atoms with E-state index in [1.54, 1.807) is 17.4 Å². The van der Waals surface area contributed by atoms with Gasteiger partial charge in [0.05, 0.1) is 16.7 Å². The Kier molecular flexibility index (Phi) is 5.25. The second kappa shape index (κ2) is 9.79. The van der Waals surface area contributed by atoms with Crippen LogP contribution in [0.1, 0.15) is 60.3 Å². The maximum atomic E-state index is 7.99. The topological polar surface area (TPSA) is 17.8 Å². The summed E-state index contributed by atoms with van der Waals surface area (Å²) in [6.07, 6.45) is 0. The number of imidazole rings is 1. The van der Waals surface area contributed by atoms with E-state index in [0.29, 0.717) is 17.4 Å². The summed E-state index contributed by atoms with van der Waals surface area (Å²) in [5, 5.41) is 6.60. The van der Waals surface area contributed by atoms with Crippen molar-refractivity contribution in [3.8, 4) is 17.1 Å². The quantitative estimate of drug-likeness (QED) is 0.190. The van der Waals surface area contributed by atoms with Crippen LogP contribution in [0.25, 0.3) is 69.8 Å². The Morgan fingerprint density at radius 1 is 0.674 bits per heavy atom. The van der Waals surface area contributed by atoms with Gasteiger partial charge in [-0.25, -0.2) is 4.98 Å². The summed E-state index contributed by atoms with van der Waals surface area (Å²) < 4.78 is 28.7. The van der Waals surface area contributed by atoms with Gasteiger partial charge in [0.25, 0.3) is 0 Å². The third-order valence-electron chi connectivity index (χ3n) is 8.82. The van der Waals surface area contributed by atoms with Crippen LogP contribution in [0, 0.1) is 6.85 Å². The van der Waals surface area contributed by atoms with Crippen molar-refractivity contribution in [1.29, 1.82) is 0 Å². The van der Waals surface area contributed by atoms with Crippen LogP contribution in [0.15, 0.2) is 103 Å². The van der Waals surface area contributed by atoms with E-state index < -0.39 is 6.85 Å². The molecule has 6 aromatic carbocycles. The molecule has 0 N–H and O–H groups in total. The molecule has 0 unspecified atom stereocenters. The molecule has 8 aromatic rings. The number of benzene rings is 6. The van der Waals surface area contributed by atoms with Crippen molar-refractivity contribution in [3.05, 3.63) is 120 Å². The zero-order valence-corrected chi connectivity index (χ0v) is 25.6. The van der Waals surface area contributed by atoms with Gasteiger partial charge in [0.1, 0.15) is 5.82 Å². The van der Waals surface area contributed by atoms with Crippen molar-refractivity contribution in [1.82, 2.24) is 9.55 Å². The number of nitrogens with zero attached hydrogens (tertiary/aromatic N) is 2. The molecule has 2 aromatic heterocycles. The second-order valence-electron chi connectivity index (χ2n) is 12.2. The number of aryl methyl sites for hydroxylation is 1. The molecule has 0 bridgehead atoms. The highest BCUT2D eigenvalue weighted by molar-refractivity contribution is 7.26. The van der Waals surface area contributed by atoms with Crippen molar-refractivity contribution < 1.29 is 4.11 Å². The molecule has 210 valence electrons. The van der Waals surface area contributed by atoms with Crippen LogP contribution in [0.2, 0.25) is 0 Å². The predicted molar refractivity (Wildman–Crippen MR) is 187 cm³/mol. The minimum Gasteiger partial charge on any atom is -0.292 e. The Bertz CT molecular complexity index is 2450.